The maximum absolute atomic E-state index is 5.81. The summed E-state index contributed by atoms with van der Waals surface area (Å²) in [6.07, 6.45) is 3.56. The molecule has 9 nitrogen and oxygen atoms in total. The second-order valence-electron chi connectivity index (χ2n) is 6.62. The Bertz CT molecular complexity index is 824. The van der Waals surface area contributed by atoms with Gasteiger partial charge in [-0.25, -0.2) is 15.0 Å². The molecule has 1 N–H and O–H groups in total. The normalized spacial score (nSPS) is 16.1. The zero-order valence-corrected chi connectivity index (χ0v) is 16.6. The van der Waals surface area contributed by atoms with E-state index in [0.29, 0.717) is 13.2 Å². The quantitative estimate of drug-likeness (QED) is 0.444. The fourth-order valence-electron chi connectivity index (χ4n) is 3.28. The molecule has 29 heavy (non-hydrogen) atoms. The van der Waals surface area contributed by atoms with E-state index in [1.54, 1.807) is 12.4 Å². The molecule has 1 fully saturated rings. The molecule has 0 saturated carbocycles. The number of guanidine groups is 1. The minimum Gasteiger partial charge on any atom is -0.492 e. The van der Waals surface area contributed by atoms with E-state index in [-0.39, 0.29) is 6.79 Å². The highest BCUT2D eigenvalue weighted by Gasteiger charge is 2.21. The van der Waals surface area contributed by atoms with Crippen molar-refractivity contribution < 1.29 is 14.2 Å². The fraction of sp³-hybridized carbons (Fsp3) is 0.450. The van der Waals surface area contributed by atoms with Gasteiger partial charge in [0.05, 0.1) is 6.54 Å². The van der Waals surface area contributed by atoms with Gasteiger partial charge in [0.2, 0.25) is 12.7 Å². The van der Waals surface area contributed by atoms with Crippen molar-refractivity contribution in [1.82, 2.24) is 20.2 Å². The minimum atomic E-state index is 0.263. The summed E-state index contributed by atoms with van der Waals surface area (Å²) in [5.41, 5.74) is 0. The molecule has 2 aromatic rings. The number of benzene rings is 1. The van der Waals surface area contributed by atoms with Crippen LogP contribution < -0.4 is 24.4 Å². The highest BCUT2D eigenvalue weighted by atomic mass is 16.7. The molecule has 0 spiro atoms. The van der Waals surface area contributed by atoms with Crippen molar-refractivity contribution in [2.75, 3.05) is 57.6 Å². The number of aromatic nitrogens is 2. The molecule has 4 rings (SSSR count). The molecule has 0 amide bonds. The van der Waals surface area contributed by atoms with Crippen molar-refractivity contribution in [3.63, 3.8) is 0 Å². The van der Waals surface area contributed by atoms with Crippen LogP contribution in [0.3, 0.4) is 0 Å². The van der Waals surface area contributed by atoms with E-state index in [4.69, 9.17) is 19.2 Å². The lowest BCUT2D eigenvalue weighted by atomic mass is 10.3. The molecule has 0 unspecified atom stereocenters. The number of ether oxygens (including phenoxy) is 3. The lowest BCUT2D eigenvalue weighted by molar-refractivity contribution is 0.173. The molecule has 9 heteroatoms. The number of aliphatic imine (C=N–C) groups is 1. The molecule has 2 aliphatic heterocycles. The maximum Gasteiger partial charge on any atom is 0.231 e. The van der Waals surface area contributed by atoms with E-state index in [1.807, 2.05) is 24.3 Å². The first-order valence-electron chi connectivity index (χ1n) is 9.91. The van der Waals surface area contributed by atoms with Gasteiger partial charge in [-0.1, -0.05) is 0 Å². The summed E-state index contributed by atoms with van der Waals surface area (Å²) >= 11 is 0. The van der Waals surface area contributed by atoms with Gasteiger partial charge in [-0.2, -0.15) is 0 Å². The van der Waals surface area contributed by atoms with Gasteiger partial charge in [-0.15, -0.1) is 0 Å². The SMILES string of the molecule is CCNC(=NCCOc1ccc2c(c1)OCO2)N1CCN(c2ncccn2)CC1. The third-order valence-electron chi connectivity index (χ3n) is 4.71. The van der Waals surface area contributed by atoms with Crippen LogP contribution in [-0.2, 0) is 0 Å². The Morgan fingerprint density at radius 1 is 1.14 bits per heavy atom. The Labute approximate surface area is 170 Å². The molecule has 2 aliphatic rings. The third kappa shape index (κ3) is 4.79. The zero-order valence-electron chi connectivity index (χ0n) is 16.6. The van der Waals surface area contributed by atoms with Gasteiger partial charge in [0.1, 0.15) is 12.4 Å². The highest BCUT2D eigenvalue weighted by molar-refractivity contribution is 5.80. The predicted octanol–water partition coefficient (Wildman–Crippen LogP) is 1.37. The summed E-state index contributed by atoms with van der Waals surface area (Å²) < 4.78 is 16.5. The van der Waals surface area contributed by atoms with Crippen molar-refractivity contribution in [2.24, 2.45) is 4.99 Å². The monoisotopic (exact) mass is 398 g/mol. The van der Waals surface area contributed by atoms with E-state index in [2.05, 4.69) is 32.0 Å². The summed E-state index contributed by atoms with van der Waals surface area (Å²) in [7, 11) is 0. The van der Waals surface area contributed by atoms with Crippen LogP contribution in [0.5, 0.6) is 17.2 Å². The number of rotatable bonds is 6. The van der Waals surface area contributed by atoms with Gasteiger partial charge in [0, 0.05) is 51.2 Å². The largest absolute Gasteiger partial charge is 0.492 e. The van der Waals surface area contributed by atoms with E-state index >= 15 is 0 Å². The first-order chi connectivity index (χ1) is 14.3. The number of piperazine rings is 1. The molecule has 1 aromatic carbocycles. The first-order valence-corrected chi connectivity index (χ1v) is 9.91. The van der Waals surface area contributed by atoms with E-state index in [1.165, 1.54) is 0 Å². The number of hydrogen-bond donors (Lipinski definition) is 1. The summed E-state index contributed by atoms with van der Waals surface area (Å²) in [6.45, 7) is 7.69. The van der Waals surface area contributed by atoms with Gasteiger partial charge in [-0.05, 0) is 25.1 Å². The number of hydrogen-bond acceptors (Lipinski definition) is 7. The minimum absolute atomic E-state index is 0.263. The molecule has 0 aliphatic carbocycles. The zero-order chi connectivity index (χ0) is 19.9. The fourth-order valence-corrected chi connectivity index (χ4v) is 3.28. The average molecular weight is 398 g/mol. The van der Waals surface area contributed by atoms with Gasteiger partial charge >= 0.3 is 0 Å². The smallest absolute Gasteiger partial charge is 0.231 e. The average Bonchev–Trinajstić information content (AvgIpc) is 3.25. The summed E-state index contributed by atoms with van der Waals surface area (Å²) in [5, 5.41) is 3.37. The molecular formula is C20H26N6O3. The van der Waals surface area contributed by atoms with Gasteiger partial charge in [-0.3, -0.25) is 0 Å². The second-order valence-corrected chi connectivity index (χ2v) is 6.62. The lowest BCUT2D eigenvalue weighted by Gasteiger charge is -2.36. The second kappa shape index (κ2) is 9.31. The van der Waals surface area contributed by atoms with Crippen molar-refractivity contribution in [2.45, 2.75) is 6.92 Å². The van der Waals surface area contributed by atoms with E-state index < -0.39 is 0 Å². The van der Waals surface area contributed by atoms with E-state index in [0.717, 1.165) is 61.9 Å². The third-order valence-corrected chi connectivity index (χ3v) is 4.71. The lowest BCUT2D eigenvalue weighted by Crippen LogP contribution is -2.53. The Kier molecular flexibility index (Phi) is 6.13. The number of nitrogens with zero attached hydrogens (tertiary/aromatic N) is 5. The Balaban J connectivity index is 1.28. The molecular weight excluding hydrogens is 372 g/mol. The Hall–Kier alpha value is -3.23. The first kappa shape index (κ1) is 19.1. The Morgan fingerprint density at radius 3 is 2.72 bits per heavy atom. The van der Waals surface area contributed by atoms with Crippen LogP contribution in [0.2, 0.25) is 0 Å². The summed E-state index contributed by atoms with van der Waals surface area (Å²) in [4.78, 5) is 17.9. The molecule has 0 atom stereocenters. The molecule has 1 aromatic heterocycles. The molecule has 1 saturated heterocycles. The van der Waals surface area contributed by atoms with Gasteiger partial charge < -0.3 is 29.3 Å². The molecule has 0 bridgehead atoms. The maximum atomic E-state index is 5.81. The van der Waals surface area contributed by atoms with Crippen molar-refractivity contribution in [1.29, 1.82) is 0 Å². The number of fused-ring (bicyclic) bond motifs is 1. The van der Waals surface area contributed by atoms with E-state index in [9.17, 15) is 0 Å². The Morgan fingerprint density at radius 2 is 1.93 bits per heavy atom. The van der Waals surface area contributed by atoms with Crippen molar-refractivity contribution in [3.05, 3.63) is 36.7 Å². The van der Waals surface area contributed by atoms with Crippen LogP contribution in [0.1, 0.15) is 6.92 Å². The predicted molar refractivity (Wildman–Crippen MR) is 110 cm³/mol. The topological polar surface area (TPSA) is 84.3 Å². The molecule has 3 heterocycles. The summed E-state index contributed by atoms with van der Waals surface area (Å²) in [6, 6.07) is 7.43. The highest BCUT2D eigenvalue weighted by Crippen LogP contribution is 2.34. The number of nitrogens with one attached hydrogen (secondary N) is 1. The van der Waals surface area contributed by atoms with Crippen LogP contribution in [0, 0.1) is 0 Å². The van der Waals surface area contributed by atoms with Crippen molar-refractivity contribution in [3.8, 4) is 17.2 Å². The van der Waals surface area contributed by atoms with Crippen molar-refractivity contribution >= 4 is 11.9 Å². The summed E-state index contributed by atoms with van der Waals surface area (Å²) in [5.74, 6) is 3.93. The van der Waals surface area contributed by atoms with Crippen LogP contribution in [0.15, 0.2) is 41.7 Å². The van der Waals surface area contributed by atoms with Gasteiger partial charge in [0.25, 0.3) is 0 Å². The van der Waals surface area contributed by atoms with Crippen LogP contribution >= 0.6 is 0 Å². The van der Waals surface area contributed by atoms with Crippen LogP contribution in [-0.4, -0.2) is 73.5 Å². The molecule has 154 valence electrons. The van der Waals surface area contributed by atoms with Gasteiger partial charge in [0.15, 0.2) is 17.5 Å². The number of anilines is 1. The van der Waals surface area contributed by atoms with Crippen LogP contribution in [0.25, 0.3) is 0 Å². The van der Waals surface area contributed by atoms with Crippen LogP contribution in [0.4, 0.5) is 5.95 Å². The molecule has 0 radical (unpaired) electrons. The standard InChI is InChI=1S/C20H26N6O3/c1-2-21-19(25-9-11-26(12-10-25)20-22-6-3-7-23-20)24-8-13-27-16-4-5-17-18(14-16)29-15-28-17/h3-7,14H,2,8-13,15H2,1H3,(H,21,24).